The Bertz CT molecular complexity index is 679. The molecule has 0 atom stereocenters. The van der Waals surface area contributed by atoms with Crippen LogP contribution in [0.2, 0.25) is 0 Å². The first-order valence-corrected chi connectivity index (χ1v) is 8.55. The van der Waals surface area contributed by atoms with E-state index in [1.807, 2.05) is 0 Å². The van der Waals surface area contributed by atoms with Crippen molar-refractivity contribution >= 4 is 21.6 Å². The van der Waals surface area contributed by atoms with Gasteiger partial charge in [0.05, 0.1) is 5.69 Å². The molecule has 0 heterocycles. The predicted octanol–water partition coefficient (Wildman–Crippen LogP) is 0.931. The first-order chi connectivity index (χ1) is 9.89. The Morgan fingerprint density at radius 1 is 1.24 bits per heavy atom. The van der Waals surface area contributed by atoms with Crippen molar-refractivity contribution in [3.05, 3.63) is 23.8 Å². The van der Waals surface area contributed by atoms with Crippen molar-refractivity contribution in [2.45, 2.75) is 36.6 Å². The van der Waals surface area contributed by atoms with E-state index in [-0.39, 0.29) is 22.2 Å². The minimum atomic E-state index is -3.61. The van der Waals surface area contributed by atoms with E-state index < -0.39 is 15.9 Å². The van der Waals surface area contributed by atoms with Gasteiger partial charge in [-0.25, -0.2) is 8.42 Å². The molecule has 0 spiro atoms. The fraction of sp³-hybridized carbons (Fsp3) is 0.500. The highest BCUT2D eigenvalue weighted by atomic mass is 32.2. The molecule has 2 saturated carbocycles. The number of anilines is 1. The molecule has 1 aromatic rings. The van der Waals surface area contributed by atoms with E-state index in [4.69, 9.17) is 11.5 Å². The maximum absolute atomic E-state index is 12.8. The number of amides is 1. The van der Waals surface area contributed by atoms with Gasteiger partial charge in [0, 0.05) is 18.2 Å². The van der Waals surface area contributed by atoms with Crippen LogP contribution in [0.5, 0.6) is 0 Å². The van der Waals surface area contributed by atoms with Gasteiger partial charge >= 0.3 is 0 Å². The Morgan fingerprint density at radius 3 is 2.38 bits per heavy atom. The van der Waals surface area contributed by atoms with Crippen LogP contribution in [0.4, 0.5) is 5.69 Å². The zero-order valence-corrected chi connectivity index (χ0v) is 12.5. The first-order valence-electron chi connectivity index (χ1n) is 7.11. The molecule has 7 heteroatoms. The van der Waals surface area contributed by atoms with E-state index in [2.05, 4.69) is 0 Å². The lowest BCUT2D eigenvalue weighted by molar-refractivity contribution is 0.1000. The van der Waals surface area contributed by atoms with Gasteiger partial charge in [-0.05, 0) is 49.8 Å². The van der Waals surface area contributed by atoms with E-state index in [1.54, 1.807) is 4.31 Å². The Balaban J connectivity index is 1.94. The zero-order chi connectivity index (χ0) is 15.2. The fourth-order valence-corrected chi connectivity index (χ4v) is 4.28. The summed E-state index contributed by atoms with van der Waals surface area (Å²) in [5.41, 5.74) is 11.3. The number of primary amides is 1. The first kappa shape index (κ1) is 14.3. The minimum Gasteiger partial charge on any atom is -0.398 e. The molecule has 3 rings (SSSR count). The SMILES string of the molecule is NC(=O)c1ccc(S(=O)(=O)N(CC2CC2)C2CC2)c(N)c1. The number of nitrogens with zero attached hydrogens (tertiary/aromatic N) is 1. The number of rotatable bonds is 6. The van der Waals surface area contributed by atoms with Gasteiger partial charge in [-0.15, -0.1) is 0 Å². The molecule has 114 valence electrons. The number of hydrogen-bond acceptors (Lipinski definition) is 4. The zero-order valence-electron chi connectivity index (χ0n) is 11.7. The highest BCUT2D eigenvalue weighted by Gasteiger charge is 2.41. The summed E-state index contributed by atoms with van der Waals surface area (Å²) in [6.07, 6.45) is 4.00. The molecule has 2 fully saturated rings. The molecule has 1 amide bonds. The third kappa shape index (κ3) is 2.89. The molecule has 0 radical (unpaired) electrons. The van der Waals surface area contributed by atoms with Gasteiger partial charge in [0.25, 0.3) is 0 Å². The highest BCUT2D eigenvalue weighted by molar-refractivity contribution is 7.89. The fourth-order valence-electron chi connectivity index (χ4n) is 2.42. The van der Waals surface area contributed by atoms with Crippen molar-refractivity contribution in [1.29, 1.82) is 0 Å². The smallest absolute Gasteiger partial charge is 0.248 e. The van der Waals surface area contributed by atoms with Crippen LogP contribution in [0, 0.1) is 5.92 Å². The van der Waals surface area contributed by atoms with Gasteiger partial charge in [-0.1, -0.05) is 0 Å². The standard InChI is InChI=1S/C14H19N3O3S/c15-12-7-10(14(16)18)3-6-13(12)21(19,20)17(11-4-5-11)8-9-1-2-9/h3,6-7,9,11H,1-2,4-5,8,15H2,(H2,16,18). The summed E-state index contributed by atoms with van der Waals surface area (Å²) < 4.78 is 27.2. The van der Waals surface area contributed by atoms with Crippen molar-refractivity contribution in [2.24, 2.45) is 11.7 Å². The summed E-state index contributed by atoms with van der Waals surface area (Å²) in [5.74, 6) is -0.144. The van der Waals surface area contributed by atoms with Crippen molar-refractivity contribution < 1.29 is 13.2 Å². The van der Waals surface area contributed by atoms with Crippen molar-refractivity contribution in [1.82, 2.24) is 4.31 Å². The van der Waals surface area contributed by atoms with Gasteiger partial charge in [0.1, 0.15) is 4.90 Å². The number of nitrogen functional groups attached to an aromatic ring is 1. The lowest BCUT2D eigenvalue weighted by Gasteiger charge is -2.22. The molecule has 0 unspecified atom stereocenters. The average Bonchev–Trinajstić information content (AvgIpc) is 3.27. The van der Waals surface area contributed by atoms with E-state index in [1.165, 1.54) is 18.2 Å². The van der Waals surface area contributed by atoms with Gasteiger partial charge in [0.15, 0.2) is 0 Å². The lowest BCUT2D eigenvalue weighted by atomic mass is 10.2. The molecule has 21 heavy (non-hydrogen) atoms. The van der Waals surface area contributed by atoms with E-state index in [0.717, 1.165) is 25.7 Å². The van der Waals surface area contributed by atoms with Crippen LogP contribution < -0.4 is 11.5 Å². The van der Waals surface area contributed by atoms with Crippen LogP contribution in [-0.2, 0) is 10.0 Å². The monoisotopic (exact) mass is 309 g/mol. The van der Waals surface area contributed by atoms with Crippen LogP contribution in [-0.4, -0.2) is 31.2 Å². The Kier molecular flexibility index (Phi) is 3.41. The van der Waals surface area contributed by atoms with Crippen molar-refractivity contribution in [3.63, 3.8) is 0 Å². The van der Waals surface area contributed by atoms with Gasteiger partial charge in [-0.3, -0.25) is 4.79 Å². The summed E-state index contributed by atoms with van der Waals surface area (Å²) >= 11 is 0. The van der Waals surface area contributed by atoms with Crippen LogP contribution >= 0.6 is 0 Å². The second-order valence-electron chi connectivity index (χ2n) is 5.87. The minimum absolute atomic E-state index is 0.0695. The molecular formula is C14H19N3O3S. The van der Waals surface area contributed by atoms with Crippen LogP contribution in [0.1, 0.15) is 36.0 Å². The van der Waals surface area contributed by atoms with Crippen LogP contribution in [0.3, 0.4) is 0 Å². The predicted molar refractivity (Wildman–Crippen MR) is 79.0 cm³/mol. The van der Waals surface area contributed by atoms with Crippen LogP contribution in [0.15, 0.2) is 23.1 Å². The van der Waals surface area contributed by atoms with Gasteiger partial charge < -0.3 is 11.5 Å². The lowest BCUT2D eigenvalue weighted by Crippen LogP contribution is -2.35. The molecule has 4 N–H and O–H groups in total. The third-order valence-electron chi connectivity index (χ3n) is 3.97. The molecule has 0 bridgehead atoms. The second-order valence-corrected chi connectivity index (χ2v) is 7.73. The average molecular weight is 309 g/mol. The number of nitrogens with two attached hydrogens (primary N) is 2. The van der Waals surface area contributed by atoms with Gasteiger partial charge in [-0.2, -0.15) is 4.31 Å². The summed E-state index contributed by atoms with van der Waals surface area (Å²) in [7, 11) is -3.61. The topological polar surface area (TPSA) is 106 Å². The Hall–Kier alpha value is -1.60. The van der Waals surface area contributed by atoms with E-state index >= 15 is 0 Å². The molecule has 6 nitrogen and oxygen atoms in total. The van der Waals surface area contributed by atoms with Crippen molar-refractivity contribution in [2.75, 3.05) is 12.3 Å². The molecule has 2 aliphatic carbocycles. The van der Waals surface area contributed by atoms with Crippen LogP contribution in [0.25, 0.3) is 0 Å². The molecule has 0 saturated heterocycles. The molecule has 2 aliphatic rings. The largest absolute Gasteiger partial charge is 0.398 e. The quantitative estimate of drug-likeness (QED) is 0.762. The highest BCUT2D eigenvalue weighted by Crippen LogP contribution is 2.38. The number of benzene rings is 1. The number of sulfonamides is 1. The molecule has 1 aromatic carbocycles. The number of hydrogen-bond donors (Lipinski definition) is 2. The van der Waals surface area contributed by atoms with Gasteiger partial charge in [0.2, 0.25) is 15.9 Å². The maximum atomic E-state index is 12.8. The third-order valence-corrected chi connectivity index (χ3v) is 5.96. The molecule has 0 aromatic heterocycles. The Morgan fingerprint density at radius 2 is 1.90 bits per heavy atom. The summed E-state index contributed by atoms with van der Waals surface area (Å²) in [5, 5.41) is 0. The van der Waals surface area contributed by atoms with E-state index in [0.29, 0.717) is 12.5 Å². The summed E-state index contributed by atoms with van der Waals surface area (Å²) in [4.78, 5) is 11.2. The Labute approximate surface area is 124 Å². The summed E-state index contributed by atoms with van der Waals surface area (Å²) in [6, 6.07) is 4.23. The normalized spacial score (nSPS) is 18.9. The second kappa shape index (κ2) is 4.99. The maximum Gasteiger partial charge on any atom is 0.248 e. The van der Waals surface area contributed by atoms with E-state index in [9.17, 15) is 13.2 Å². The molecular weight excluding hydrogens is 290 g/mol. The number of carbonyl (C=O) groups excluding carboxylic acids is 1. The number of carbonyl (C=O) groups is 1. The molecule has 0 aliphatic heterocycles. The summed E-state index contributed by atoms with van der Waals surface area (Å²) in [6.45, 7) is 0.573. The van der Waals surface area contributed by atoms with Crippen molar-refractivity contribution in [3.8, 4) is 0 Å².